The molecule has 2 N–H and O–H groups in total. The molecule has 3 nitrogen and oxygen atoms in total. The van der Waals surface area contributed by atoms with Crippen LogP contribution in [0.2, 0.25) is 0 Å². The van der Waals surface area contributed by atoms with Crippen LogP contribution >= 0.6 is 0 Å². The number of allylic oxidation sites excluding steroid dienone is 1. The number of anilines is 1. The van der Waals surface area contributed by atoms with Gasteiger partial charge >= 0.3 is 0 Å². The number of nitrogens with zero attached hydrogens (tertiary/aromatic N) is 1. The van der Waals surface area contributed by atoms with E-state index in [-0.39, 0.29) is 5.41 Å². The molecule has 3 heteroatoms. The second kappa shape index (κ2) is 7.09. The number of benzene rings is 2. The van der Waals surface area contributed by atoms with E-state index in [1.807, 2.05) is 31.3 Å². The average Bonchev–Trinajstić information content (AvgIpc) is 2.96. The van der Waals surface area contributed by atoms with Crippen molar-refractivity contribution in [2.75, 3.05) is 12.4 Å². The fourth-order valence-electron chi connectivity index (χ4n) is 3.64. The van der Waals surface area contributed by atoms with Crippen molar-refractivity contribution in [1.82, 2.24) is 4.98 Å². The molecule has 2 aromatic carbocycles. The zero-order chi connectivity index (χ0) is 18.7. The van der Waals surface area contributed by atoms with E-state index in [1.54, 1.807) is 0 Å². The number of nitriles is 1. The summed E-state index contributed by atoms with van der Waals surface area (Å²) in [5, 5.41) is 14.2. The maximum atomic E-state index is 9.78. The molecule has 0 fully saturated rings. The van der Waals surface area contributed by atoms with E-state index in [1.165, 1.54) is 5.56 Å². The summed E-state index contributed by atoms with van der Waals surface area (Å²) >= 11 is 0. The predicted molar refractivity (Wildman–Crippen MR) is 110 cm³/mol. The van der Waals surface area contributed by atoms with Gasteiger partial charge in [-0.05, 0) is 42.5 Å². The second-order valence-corrected chi connectivity index (χ2v) is 7.35. The molecule has 0 amide bonds. The molecule has 0 aliphatic carbocycles. The largest absolute Gasteiger partial charge is 0.388 e. The molecule has 0 atom stereocenters. The van der Waals surface area contributed by atoms with E-state index in [2.05, 4.69) is 67.5 Å². The van der Waals surface area contributed by atoms with Gasteiger partial charge in [-0.3, -0.25) is 0 Å². The van der Waals surface area contributed by atoms with Crippen molar-refractivity contribution in [3.63, 3.8) is 0 Å². The fourth-order valence-corrected chi connectivity index (χ4v) is 3.64. The molecular weight excluding hydrogens is 318 g/mol. The van der Waals surface area contributed by atoms with Crippen LogP contribution < -0.4 is 5.32 Å². The lowest BCUT2D eigenvalue weighted by Crippen LogP contribution is -2.19. The molecular formula is C23H25N3. The second-order valence-electron chi connectivity index (χ2n) is 7.35. The van der Waals surface area contributed by atoms with Crippen molar-refractivity contribution >= 4 is 22.7 Å². The van der Waals surface area contributed by atoms with Gasteiger partial charge in [0.1, 0.15) is 0 Å². The monoisotopic (exact) mass is 343 g/mol. The third-order valence-corrected chi connectivity index (χ3v) is 4.96. The van der Waals surface area contributed by atoms with E-state index in [0.717, 1.165) is 33.4 Å². The molecule has 3 aromatic rings. The molecule has 0 aliphatic heterocycles. The number of aromatic nitrogens is 1. The van der Waals surface area contributed by atoms with Crippen LogP contribution in [0, 0.1) is 18.3 Å². The molecule has 1 aromatic heterocycles. The summed E-state index contributed by atoms with van der Waals surface area (Å²) in [4.78, 5) is 3.41. The molecule has 0 spiro atoms. The zero-order valence-corrected chi connectivity index (χ0v) is 15.9. The Morgan fingerprint density at radius 1 is 1.15 bits per heavy atom. The van der Waals surface area contributed by atoms with Crippen LogP contribution in [0.15, 0.2) is 54.1 Å². The van der Waals surface area contributed by atoms with Crippen LogP contribution in [0.3, 0.4) is 0 Å². The predicted octanol–water partition coefficient (Wildman–Crippen LogP) is 5.79. The van der Waals surface area contributed by atoms with Crippen LogP contribution in [0.5, 0.6) is 0 Å². The van der Waals surface area contributed by atoms with E-state index >= 15 is 0 Å². The van der Waals surface area contributed by atoms with Gasteiger partial charge in [0, 0.05) is 40.5 Å². The highest BCUT2D eigenvalue weighted by molar-refractivity contribution is 5.91. The van der Waals surface area contributed by atoms with Crippen LogP contribution in [0.4, 0.5) is 5.69 Å². The minimum atomic E-state index is -0.152. The Morgan fingerprint density at radius 3 is 2.58 bits per heavy atom. The quantitative estimate of drug-likeness (QED) is 0.576. The van der Waals surface area contributed by atoms with Crippen LogP contribution in [-0.4, -0.2) is 12.0 Å². The maximum Gasteiger partial charge on any atom is 0.0947 e. The van der Waals surface area contributed by atoms with Crippen LogP contribution in [0.25, 0.3) is 17.0 Å². The van der Waals surface area contributed by atoms with Gasteiger partial charge < -0.3 is 10.3 Å². The first-order valence-corrected chi connectivity index (χ1v) is 8.91. The topological polar surface area (TPSA) is 51.6 Å². The summed E-state index contributed by atoms with van der Waals surface area (Å²) < 4.78 is 0. The van der Waals surface area contributed by atoms with Crippen molar-refractivity contribution < 1.29 is 0 Å². The Kier molecular flexibility index (Phi) is 4.86. The molecule has 0 aliphatic rings. The summed E-state index contributed by atoms with van der Waals surface area (Å²) in [7, 11) is 1.94. The Bertz CT molecular complexity index is 1000. The minimum Gasteiger partial charge on any atom is -0.388 e. The first-order valence-electron chi connectivity index (χ1n) is 8.91. The Labute approximate surface area is 155 Å². The molecule has 0 bridgehead atoms. The van der Waals surface area contributed by atoms with Gasteiger partial charge in [-0.15, -0.1) is 0 Å². The number of rotatable bonds is 5. The number of fused-ring (bicyclic) bond motifs is 1. The van der Waals surface area contributed by atoms with Gasteiger partial charge in [0.15, 0.2) is 0 Å². The van der Waals surface area contributed by atoms with Crippen LogP contribution in [-0.2, 0) is 5.41 Å². The lowest BCUT2D eigenvalue weighted by Gasteiger charge is -2.27. The number of aromatic amines is 1. The lowest BCUT2D eigenvalue weighted by atomic mass is 9.78. The Morgan fingerprint density at radius 2 is 1.85 bits per heavy atom. The summed E-state index contributed by atoms with van der Waals surface area (Å²) in [6, 6.07) is 18.9. The molecule has 0 unspecified atom stereocenters. The van der Waals surface area contributed by atoms with E-state index in [9.17, 15) is 5.26 Å². The summed E-state index contributed by atoms with van der Waals surface area (Å²) in [6.07, 6.45) is 2.72. The summed E-state index contributed by atoms with van der Waals surface area (Å²) in [6.45, 7) is 6.44. The maximum absolute atomic E-state index is 9.78. The number of hydrogen-bond donors (Lipinski definition) is 2. The van der Waals surface area contributed by atoms with Crippen molar-refractivity contribution in [3.8, 4) is 6.07 Å². The smallest absolute Gasteiger partial charge is 0.0947 e. The van der Waals surface area contributed by atoms with Crippen LogP contribution in [0.1, 0.15) is 37.1 Å². The molecule has 0 saturated heterocycles. The van der Waals surface area contributed by atoms with Gasteiger partial charge in [0.05, 0.1) is 6.07 Å². The molecule has 3 rings (SSSR count). The van der Waals surface area contributed by atoms with Gasteiger partial charge in [-0.1, -0.05) is 50.2 Å². The van der Waals surface area contributed by atoms with Gasteiger partial charge in [0.2, 0.25) is 0 Å². The Hall–Kier alpha value is -2.99. The van der Waals surface area contributed by atoms with Gasteiger partial charge in [-0.2, -0.15) is 5.26 Å². The van der Waals surface area contributed by atoms with Crippen molar-refractivity contribution in [2.24, 2.45) is 0 Å². The first kappa shape index (κ1) is 17.8. The third-order valence-electron chi connectivity index (χ3n) is 4.96. The first-order chi connectivity index (χ1) is 12.5. The molecule has 1 heterocycles. The molecule has 26 heavy (non-hydrogen) atoms. The molecule has 132 valence electrons. The number of H-pyrrole nitrogens is 1. The standard InChI is InChI=1S/C23H25N3/c1-16-19(18-9-5-7-11-21(18)26-16)13-17(15-24)14-23(2,3)20-10-6-8-12-22(20)25-4/h5-13,25-26H,14H2,1-4H3/b17-13-. The van der Waals surface area contributed by atoms with Crippen molar-refractivity contribution in [3.05, 3.63) is 70.9 Å². The highest BCUT2D eigenvalue weighted by Gasteiger charge is 2.25. The Balaban J connectivity index is 2.00. The molecule has 0 radical (unpaired) electrons. The van der Waals surface area contributed by atoms with E-state index in [0.29, 0.717) is 6.42 Å². The third kappa shape index (κ3) is 3.36. The zero-order valence-electron chi connectivity index (χ0n) is 15.9. The highest BCUT2D eigenvalue weighted by Crippen LogP contribution is 2.36. The highest BCUT2D eigenvalue weighted by atomic mass is 14.8. The van der Waals surface area contributed by atoms with Crippen molar-refractivity contribution in [1.29, 1.82) is 5.26 Å². The summed E-state index contributed by atoms with van der Waals surface area (Å²) in [5.41, 5.74) is 6.27. The minimum absolute atomic E-state index is 0.152. The SMILES string of the molecule is CNc1ccccc1C(C)(C)C/C(C#N)=C/c1c(C)[nH]c2ccccc12. The summed E-state index contributed by atoms with van der Waals surface area (Å²) in [5.74, 6) is 0. The normalized spacial score (nSPS) is 12.2. The van der Waals surface area contributed by atoms with Crippen molar-refractivity contribution in [2.45, 2.75) is 32.6 Å². The van der Waals surface area contributed by atoms with Gasteiger partial charge in [-0.25, -0.2) is 0 Å². The van der Waals surface area contributed by atoms with E-state index < -0.39 is 0 Å². The number of aryl methyl sites for hydroxylation is 1. The molecule has 0 saturated carbocycles. The number of nitrogens with one attached hydrogen (secondary N) is 2. The number of hydrogen-bond acceptors (Lipinski definition) is 2. The lowest BCUT2D eigenvalue weighted by molar-refractivity contribution is 0.528. The van der Waals surface area contributed by atoms with Gasteiger partial charge in [0.25, 0.3) is 0 Å². The number of para-hydroxylation sites is 2. The average molecular weight is 343 g/mol. The fraction of sp³-hybridized carbons (Fsp3) is 0.261. The van der Waals surface area contributed by atoms with E-state index in [4.69, 9.17) is 0 Å².